The molecule has 0 unspecified atom stereocenters. The van der Waals surface area contributed by atoms with Gasteiger partial charge in [0.25, 0.3) is 0 Å². The molecule has 0 atom stereocenters. The molecule has 0 bridgehead atoms. The average Bonchev–Trinajstić information content (AvgIpc) is 2.90. The van der Waals surface area contributed by atoms with E-state index in [0.717, 1.165) is 29.4 Å². The number of anilines is 2. The zero-order valence-corrected chi connectivity index (χ0v) is 23.7. The summed E-state index contributed by atoms with van der Waals surface area (Å²) in [7, 11) is 4.21. The molecular formula is C31H31Cl2N3OS. The van der Waals surface area contributed by atoms with Crippen LogP contribution in [0.1, 0.15) is 17.5 Å². The van der Waals surface area contributed by atoms with Gasteiger partial charge in [0, 0.05) is 32.7 Å². The van der Waals surface area contributed by atoms with Crippen molar-refractivity contribution in [3.8, 4) is 0 Å². The predicted octanol–water partition coefficient (Wildman–Crippen LogP) is 8.94. The summed E-state index contributed by atoms with van der Waals surface area (Å²) < 4.78 is 0. The standard InChI is InChI=1S/C18H18ClNS.C13H12N2O.ClH/c1-20(2)11-5-7-14-15-6-3-4-8-17(15)21-18-10-9-13(19)12-16(14)18;16-13(14-11-7-3-1-4-8-11)15-12-9-5-2-6-10-12;/h3-4,6-10,12H,5,11H2,1-2H3;1-10H,(H2,14,15,16);1H. The highest BCUT2D eigenvalue weighted by Crippen LogP contribution is 2.46. The second-order valence-corrected chi connectivity index (χ2v) is 10.3. The Balaban J connectivity index is 0.000000213. The predicted molar refractivity (Wildman–Crippen MR) is 165 cm³/mol. The molecule has 4 nitrogen and oxygen atoms in total. The first kappa shape index (κ1) is 29.3. The molecule has 0 saturated heterocycles. The van der Waals surface area contributed by atoms with E-state index in [1.54, 1.807) is 0 Å². The van der Waals surface area contributed by atoms with Gasteiger partial charge in [0.15, 0.2) is 0 Å². The maximum atomic E-state index is 11.6. The molecule has 7 heteroatoms. The first-order chi connectivity index (χ1) is 18.0. The first-order valence-electron chi connectivity index (χ1n) is 12.1. The third kappa shape index (κ3) is 8.40. The number of para-hydroxylation sites is 2. The number of nitrogens with one attached hydrogen (secondary N) is 2. The minimum atomic E-state index is -0.239. The van der Waals surface area contributed by atoms with Gasteiger partial charge >= 0.3 is 6.03 Å². The van der Waals surface area contributed by atoms with Gasteiger partial charge in [-0.05, 0) is 85.7 Å². The fraction of sp³-hybridized carbons (Fsp3) is 0.129. The summed E-state index contributed by atoms with van der Waals surface area (Å²) in [6.07, 6.45) is 3.38. The molecule has 4 aromatic carbocycles. The van der Waals surface area contributed by atoms with Gasteiger partial charge in [-0.3, -0.25) is 0 Å². The van der Waals surface area contributed by atoms with Gasteiger partial charge in [-0.25, -0.2) is 4.79 Å². The number of amides is 2. The van der Waals surface area contributed by atoms with Crippen molar-refractivity contribution in [2.24, 2.45) is 0 Å². The topological polar surface area (TPSA) is 44.4 Å². The van der Waals surface area contributed by atoms with Gasteiger partial charge in [-0.15, -0.1) is 12.4 Å². The van der Waals surface area contributed by atoms with Crippen molar-refractivity contribution in [3.05, 3.63) is 125 Å². The number of hydrogen-bond donors (Lipinski definition) is 2. The van der Waals surface area contributed by atoms with Gasteiger partial charge in [0.05, 0.1) is 0 Å². The lowest BCUT2D eigenvalue weighted by Gasteiger charge is -2.22. The van der Waals surface area contributed by atoms with Crippen LogP contribution in [0.3, 0.4) is 0 Å². The highest BCUT2D eigenvalue weighted by Gasteiger charge is 2.20. The van der Waals surface area contributed by atoms with Crippen LogP contribution in [0.5, 0.6) is 0 Å². The first-order valence-corrected chi connectivity index (χ1v) is 13.3. The van der Waals surface area contributed by atoms with E-state index >= 15 is 0 Å². The Morgan fingerprint density at radius 2 is 1.34 bits per heavy atom. The van der Waals surface area contributed by atoms with Crippen molar-refractivity contribution in [1.82, 2.24) is 4.90 Å². The number of fused-ring (bicyclic) bond motifs is 2. The summed E-state index contributed by atoms with van der Waals surface area (Å²) >= 11 is 8.03. The molecule has 4 aromatic rings. The summed E-state index contributed by atoms with van der Waals surface area (Å²) in [5.41, 5.74) is 5.43. The number of carbonyl (C=O) groups is 1. The van der Waals surface area contributed by atoms with E-state index in [0.29, 0.717) is 0 Å². The van der Waals surface area contributed by atoms with Crippen LogP contribution in [-0.4, -0.2) is 31.6 Å². The van der Waals surface area contributed by atoms with Crippen molar-refractivity contribution in [2.75, 3.05) is 31.3 Å². The molecule has 2 amide bonds. The van der Waals surface area contributed by atoms with Crippen LogP contribution >= 0.6 is 35.8 Å². The Labute approximate surface area is 240 Å². The Morgan fingerprint density at radius 3 is 1.95 bits per heavy atom. The van der Waals surface area contributed by atoms with Crippen LogP contribution < -0.4 is 10.6 Å². The third-order valence-corrected chi connectivity index (χ3v) is 7.00. The molecule has 1 aliphatic heterocycles. The number of carbonyl (C=O) groups excluding carboxylic acids is 1. The molecule has 0 spiro atoms. The van der Waals surface area contributed by atoms with Crippen molar-refractivity contribution < 1.29 is 4.79 Å². The molecule has 1 aliphatic rings. The van der Waals surface area contributed by atoms with E-state index in [2.05, 4.69) is 72.1 Å². The van der Waals surface area contributed by atoms with E-state index in [1.165, 1.54) is 26.5 Å². The van der Waals surface area contributed by atoms with E-state index in [9.17, 15) is 4.79 Å². The number of nitrogens with zero attached hydrogens (tertiary/aromatic N) is 1. The van der Waals surface area contributed by atoms with Crippen molar-refractivity contribution in [2.45, 2.75) is 16.2 Å². The van der Waals surface area contributed by atoms with Crippen molar-refractivity contribution in [3.63, 3.8) is 0 Å². The van der Waals surface area contributed by atoms with E-state index in [1.807, 2.05) is 78.5 Å². The maximum Gasteiger partial charge on any atom is 0.323 e. The fourth-order valence-electron chi connectivity index (χ4n) is 3.87. The zero-order valence-electron chi connectivity index (χ0n) is 21.4. The Morgan fingerprint density at radius 1 is 0.789 bits per heavy atom. The maximum absolute atomic E-state index is 11.6. The second kappa shape index (κ2) is 14.6. The number of hydrogen-bond acceptors (Lipinski definition) is 3. The molecule has 0 radical (unpaired) electrons. The lowest BCUT2D eigenvalue weighted by Crippen LogP contribution is -2.19. The number of urea groups is 1. The minimum Gasteiger partial charge on any atom is -0.309 e. The fourth-order valence-corrected chi connectivity index (χ4v) is 5.13. The van der Waals surface area contributed by atoms with E-state index in [-0.39, 0.29) is 18.4 Å². The van der Waals surface area contributed by atoms with Crippen LogP contribution in [0.4, 0.5) is 16.2 Å². The van der Waals surface area contributed by atoms with Gasteiger partial charge in [0.2, 0.25) is 0 Å². The molecule has 0 fully saturated rings. The van der Waals surface area contributed by atoms with Gasteiger partial charge in [-0.2, -0.15) is 0 Å². The Bertz CT molecular complexity index is 1320. The van der Waals surface area contributed by atoms with Gasteiger partial charge in [-0.1, -0.05) is 84.0 Å². The summed E-state index contributed by atoms with van der Waals surface area (Å²) in [5.74, 6) is 0. The molecule has 1 heterocycles. The number of halogens is 2. The summed E-state index contributed by atoms with van der Waals surface area (Å²) in [6, 6.07) is 33.2. The quantitative estimate of drug-likeness (QED) is 0.224. The zero-order chi connectivity index (χ0) is 26.0. The van der Waals surface area contributed by atoms with Crippen LogP contribution in [0, 0.1) is 0 Å². The minimum absolute atomic E-state index is 0. The summed E-state index contributed by atoms with van der Waals surface area (Å²) in [4.78, 5) is 16.4. The lowest BCUT2D eigenvalue weighted by atomic mass is 9.96. The van der Waals surface area contributed by atoms with Crippen LogP contribution in [0.2, 0.25) is 5.02 Å². The van der Waals surface area contributed by atoms with Gasteiger partial charge < -0.3 is 15.5 Å². The largest absolute Gasteiger partial charge is 0.323 e. The van der Waals surface area contributed by atoms with Crippen LogP contribution in [0.15, 0.2) is 119 Å². The lowest BCUT2D eigenvalue weighted by molar-refractivity contribution is 0.262. The van der Waals surface area contributed by atoms with Crippen molar-refractivity contribution in [1.29, 1.82) is 0 Å². The summed E-state index contributed by atoms with van der Waals surface area (Å²) in [6.45, 7) is 1.05. The molecule has 0 aromatic heterocycles. The monoisotopic (exact) mass is 563 g/mol. The third-order valence-electron chi connectivity index (χ3n) is 5.62. The highest BCUT2D eigenvalue weighted by molar-refractivity contribution is 7.99. The van der Waals surface area contributed by atoms with Crippen molar-refractivity contribution >= 4 is 58.7 Å². The molecule has 2 N–H and O–H groups in total. The molecule has 38 heavy (non-hydrogen) atoms. The second-order valence-electron chi connectivity index (χ2n) is 8.76. The van der Waals surface area contributed by atoms with Gasteiger partial charge in [0.1, 0.15) is 0 Å². The Kier molecular flexibility index (Phi) is 11.3. The Hall–Kier alpha value is -3.22. The number of benzene rings is 4. The van der Waals surface area contributed by atoms with E-state index in [4.69, 9.17) is 11.6 Å². The molecule has 0 saturated carbocycles. The molecular weight excluding hydrogens is 533 g/mol. The normalized spacial score (nSPS) is 12.4. The van der Waals surface area contributed by atoms with Crippen LogP contribution in [-0.2, 0) is 0 Å². The number of rotatable bonds is 5. The molecule has 0 aliphatic carbocycles. The SMILES string of the molecule is CN(C)CCC=C1c2ccccc2Sc2ccc(Cl)cc21.Cl.O=C(Nc1ccccc1)Nc1ccccc1. The van der Waals surface area contributed by atoms with Crippen LogP contribution in [0.25, 0.3) is 5.57 Å². The molecule has 5 rings (SSSR count). The smallest absolute Gasteiger partial charge is 0.309 e. The average molecular weight is 565 g/mol. The summed E-state index contributed by atoms with van der Waals surface area (Å²) in [5, 5.41) is 6.28. The van der Waals surface area contributed by atoms with E-state index < -0.39 is 0 Å². The molecule has 196 valence electrons. The highest BCUT2D eigenvalue weighted by atomic mass is 35.5.